The first-order valence-corrected chi connectivity index (χ1v) is 5.03. The molecule has 0 radical (unpaired) electrons. The quantitative estimate of drug-likeness (QED) is 0.612. The van der Waals surface area contributed by atoms with Crippen LogP contribution in [0.1, 0.15) is 32.0 Å². The number of hydrogen-bond acceptors (Lipinski definition) is 2. The van der Waals surface area contributed by atoms with Gasteiger partial charge in [0.1, 0.15) is 0 Å². The number of nitrogens with one attached hydrogen (secondary N) is 1. The molecule has 1 N–H and O–H groups in total. The van der Waals surface area contributed by atoms with Crippen LogP contribution >= 0.6 is 0 Å². The van der Waals surface area contributed by atoms with Gasteiger partial charge in [-0.15, -0.1) is 0 Å². The molecular weight excluding hydrogens is 160 g/mol. The number of hydrogen-bond donors (Lipinski definition) is 1. The lowest BCUT2D eigenvalue weighted by Gasteiger charge is -2.04. The van der Waals surface area contributed by atoms with E-state index in [0.717, 1.165) is 0 Å². The van der Waals surface area contributed by atoms with Gasteiger partial charge in [-0.1, -0.05) is 19.9 Å². The topological polar surface area (TPSA) is 34.8 Å². The van der Waals surface area contributed by atoms with E-state index in [2.05, 4.69) is 23.3 Å². The summed E-state index contributed by atoms with van der Waals surface area (Å²) in [6.45, 7) is 6.23. The van der Waals surface area contributed by atoms with Gasteiger partial charge in [0.15, 0.2) is 0 Å². The van der Waals surface area contributed by atoms with Crippen LogP contribution in [0.2, 0.25) is 0 Å². The molecule has 3 rings (SSSR count). The van der Waals surface area contributed by atoms with Gasteiger partial charge in [0.2, 0.25) is 0 Å². The highest BCUT2D eigenvalue weighted by atomic mass is 15.2. The fourth-order valence-corrected chi connectivity index (χ4v) is 2.10. The van der Waals surface area contributed by atoms with Crippen molar-refractivity contribution in [3.05, 3.63) is 29.6 Å². The van der Waals surface area contributed by atoms with Gasteiger partial charge in [0.05, 0.1) is 11.2 Å². The molecule has 0 spiro atoms. The van der Waals surface area contributed by atoms with E-state index in [4.69, 9.17) is 0 Å². The summed E-state index contributed by atoms with van der Waals surface area (Å²) in [5.41, 5.74) is 2.93. The molecule has 1 saturated heterocycles. The number of rotatable bonds is 0. The predicted octanol–water partition coefficient (Wildman–Crippen LogP) is 1.85. The summed E-state index contributed by atoms with van der Waals surface area (Å²) >= 11 is 0. The summed E-state index contributed by atoms with van der Waals surface area (Å²) in [7, 11) is 0. The van der Waals surface area contributed by atoms with Gasteiger partial charge in [-0.25, -0.2) is 0 Å². The molecule has 0 saturated carbocycles. The second-order valence-corrected chi connectivity index (χ2v) is 3.61. The fourth-order valence-electron chi connectivity index (χ4n) is 2.10. The molecule has 2 heterocycles. The van der Waals surface area contributed by atoms with E-state index in [1.807, 2.05) is 26.1 Å². The van der Waals surface area contributed by atoms with Gasteiger partial charge in [-0.3, -0.25) is 10.3 Å². The maximum Gasteiger partial charge on any atom is 0.0744 e. The van der Waals surface area contributed by atoms with Crippen molar-refractivity contribution in [3.8, 4) is 0 Å². The zero-order chi connectivity index (χ0) is 9.47. The Balaban J connectivity index is 0.000000308. The third-order valence-electron chi connectivity index (χ3n) is 2.89. The van der Waals surface area contributed by atoms with E-state index >= 15 is 0 Å². The third-order valence-corrected chi connectivity index (χ3v) is 2.89. The van der Waals surface area contributed by atoms with Crippen LogP contribution in [-0.4, -0.2) is 11.0 Å². The summed E-state index contributed by atoms with van der Waals surface area (Å²) < 4.78 is 0. The van der Waals surface area contributed by atoms with E-state index in [9.17, 15) is 0 Å². The minimum atomic E-state index is 0.233. The van der Waals surface area contributed by atoms with Crippen molar-refractivity contribution in [1.29, 1.82) is 0 Å². The summed E-state index contributed by atoms with van der Waals surface area (Å²) in [6, 6.07) is 4.88. The van der Waals surface area contributed by atoms with Crippen LogP contribution in [0.15, 0.2) is 18.3 Å². The largest absolute Gasteiger partial charge is 0.300 e. The molecule has 1 aliphatic heterocycles. The highest BCUT2D eigenvalue weighted by Crippen LogP contribution is 2.45. The highest BCUT2D eigenvalue weighted by molar-refractivity contribution is 5.42. The van der Waals surface area contributed by atoms with Gasteiger partial charge in [-0.2, -0.15) is 0 Å². The molecule has 1 unspecified atom stereocenters. The molecule has 2 heteroatoms. The number of pyridine rings is 1. The van der Waals surface area contributed by atoms with Crippen LogP contribution < -0.4 is 5.32 Å². The number of aromatic nitrogens is 1. The summed E-state index contributed by atoms with van der Waals surface area (Å²) in [4.78, 5) is 4.39. The molecule has 1 aromatic rings. The van der Waals surface area contributed by atoms with Crippen molar-refractivity contribution >= 4 is 0 Å². The Hall–Kier alpha value is -0.890. The van der Waals surface area contributed by atoms with Crippen LogP contribution in [-0.2, 0) is 12.0 Å². The first kappa shape index (κ1) is 8.70. The maximum absolute atomic E-state index is 4.39. The van der Waals surface area contributed by atoms with E-state index in [1.165, 1.54) is 17.7 Å². The van der Waals surface area contributed by atoms with Crippen LogP contribution in [0.3, 0.4) is 0 Å². The second-order valence-electron chi connectivity index (χ2n) is 3.61. The molecule has 2 nitrogen and oxygen atoms in total. The standard InChI is InChI=1S/C9H10N2.C2H6/c1-9-7(11-9)5-6-3-2-4-10-8(6)9;1-2/h2-4,7,11H,5H2,1H3;1-2H3/t7-,9?;/m1./s1. The molecule has 70 valence electrons. The molecule has 2 atom stereocenters. The molecule has 2 aliphatic rings. The Morgan fingerprint density at radius 3 is 3.00 bits per heavy atom. The van der Waals surface area contributed by atoms with E-state index in [-0.39, 0.29) is 5.54 Å². The lowest BCUT2D eigenvalue weighted by atomic mass is 10.1. The lowest BCUT2D eigenvalue weighted by Crippen LogP contribution is -2.09. The van der Waals surface area contributed by atoms with E-state index < -0.39 is 0 Å². The van der Waals surface area contributed by atoms with Crippen molar-refractivity contribution in [2.45, 2.75) is 38.8 Å². The first-order chi connectivity index (χ1) is 6.31. The third kappa shape index (κ3) is 1.09. The average molecular weight is 176 g/mol. The van der Waals surface area contributed by atoms with E-state index in [1.54, 1.807) is 0 Å². The minimum absolute atomic E-state index is 0.233. The van der Waals surface area contributed by atoms with Gasteiger partial charge in [0.25, 0.3) is 0 Å². The smallest absolute Gasteiger partial charge is 0.0744 e. The fraction of sp³-hybridized carbons (Fsp3) is 0.545. The van der Waals surface area contributed by atoms with Crippen LogP contribution in [0.25, 0.3) is 0 Å². The van der Waals surface area contributed by atoms with Crippen molar-refractivity contribution < 1.29 is 0 Å². The Labute approximate surface area is 79.4 Å². The maximum atomic E-state index is 4.39. The predicted molar refractivity (Wildman–Crippen MR) is 53.6 cm³/mol. The van der Waals surface area contributed by atoms with Crippen LogP contribution in [0, 0.1) is 0 Å². The summed E-state index contributed by atoms with van der Waals surface area (Å²) in [5, 5.41) is 3.44. The minimum Gasteiger partial charge on any atom is -0.300 e. The zero-order valence-electron chi connectivity index (χ0n) is 8.46. The van der Waals surface area contributed by atoms with E-state index in [0.29, 0.717) is 6.04 Å². The zero-order valence-corrected chi connectivity index (χ0v) is 8.46. The van der Waals surface area contributed by atoms with Crippen LogP contribution in [0.4, 0.5) is 0 Å². The molecule has 1 aromatic heterocycles. The molecule has 0 amide bonds. The highest BCUT2D eigenvalue weighted by Gasteiger charge is 2.57. The molecular formula is C11H16N2. The van der Waals surface area contributed by atoms with Crippen molar-refractivity contribution in [1.82, 2.24) is 10.3 Å². The Morgan fingerprint density at radius 1 is 1.54 bits per heavy atom. The SMILES string of the molecule is CC.CC12N[C@@H]1Cc1cccnc12. The second kappa shape index (κ2) is 2.81. The van der Waals surface area contributed by atoms with Crippen LogP contribution in [0.5, 0.6) is 0 Å². The van der Waals surface area contributed by atoms with Crippen molar-refractivity contribution in [2.24, 2.45) is 0 Å². The molecule has 1 aliphatic carbocycles. The molecule has 0 aromatic carbocycles. The monoisotopic (exact) mass is 176 g/mol. The normalized spacial score (nSPS) is 32.7. The Bertz CT molecular complexity index is 322. The lowest BCUT2D eigenvalue weighted by molar-refractivity contribution is 0.728. The molecule has 1 fully saturated rings. The molecule has 0 bridgehead atoms. The summed E-state index contributed by atoms with van der Waals surface area (Å²) in [6.07, 6.45) is 3.05. The Kier molecular flexibility index (Phi) is 1.88. The number of fused-ring (bicyclic) bond motifs is 3. The number of nitrogens with zero attached hydrogens (tertiary/aromatic N) is 1. The first-order valence-electron chi connectivity index (χ1n) is 5.03. The van der Waals surface area contributed by atoms with Gasteiger partial charge in [0, 0.05) is 12.2 Å². The average Bonchev–Trinajstić information content (AvgIpc) is 2.75. The van der Waals surface area contributed by atoms with Crippen molar-refractivity contribution in [3.63, 3.8) is 0 Å². The Morgan fingerprint density at radius 2 is 2.31 bits per heavy atom. The molecule has 13 heavy (non-hydrogen) atoms. The van der Waals surface area contributed by atoms with Gasteiger partial charge < -0.3 is 0 Å². The van der Waals surface area contributed by atoms with Gasteiger partial charge in [-0.05, 0) is 25.0 Å². The van der Waals surface area contributed by atoms with Crippen molar-refractivity contribution in [2.75, 3.05) is 0 Å². The summed E-state index contributed by atoms with van der Waals surface area (Å²) in [5.74, 6) is 0. The van der Waals surface area contributed by atoms with Gasteiger partial charge >= 0.3 is 0 Å².